The Morgan fingerprint density at radius 2 is 1.66 bits per heavy atom. The van der Waals surface area contributed by atoms with Gasteiger partial charge < -0.3 is 10.2 Å². The van der Waals surface area contributed by atoms with Crippen LogP contribution in [0.25, 0.3) is 21.1 Å². The first kappa shape index (κ1) is 24.0. The number of para-hydroxylation sites is 2. The van der Waals surface area contributed by atoms with Gasteiger partial charge >= 0.3 is 37.7 Å². The third kappa shape index (κ3) is 5.65. The summed E-state index contributed by atoms with van der Waals surface area (Å²) in [6, 6.07) is 17.3. The molecule has 2 N–H and O–H groups in total. The van der Waals surface area contributed by atoms with Crippen LogP contribution in [0.5, 0.6) is 5.75 Å². The van der Waals surface area contributed by atoms with Crippen LogP contribution in [0, 0.1) is 0 Å². The Balaban J connectivity index is 0.000000205. The standard InChI is InChI=1S/C13H14NOS.C9H7NO.2Li/c15-11-7-3-1-5-9(11)13-14-10-6-2-4-8-12(10)16-13;11-8-5-1-3-7-4-2-6-10-9(7)8;;/h2,4,6,8-9,11H,1,3,5,7H2;1-6,11H;;/q-1;;2*+1/p+1. The van der Waals surface area contributed by atoms with E-state index < -0.39 is 6.10 Å². The van der Waals surface area contributed by atoms with Crippen LogP contribution in [-0.4, -0.2) is 6.10 Å². The fraction of sp³-hybridized carbons (Fsp3) is 0.273. The number of hydrogen-bond acceptors (Lipinski definition) is 3. The third-order valence-corrected chi connectivity index (χ3v) is 6.26. The van der Waals surface area contributed by atoms with Crippen LogP contribution in [0.4, 0.5) is 0 Å². The van der Waals surface area contributed by atoms with E-state index in [-0.39, 0.29) is 49.4 Å². The van der Waals surface area contributed by atoms with E-state index in [1.54, 1.807) is 29.7 Å². The normalized spacial score (nSPS) is 18.2. The van der Waals surface area contributed by atoms with E-state index in [1.165, 1.54) is 21.6 Å². The van der Waals surface area contributed by atoms with Gasteiger partial charge in [-0.3, -0.25) is 0 Å². The molecular formula is C22H22Li2N2O2S+2. The van der Waals surface area contributed by atoms with E-state index in [9.17, 15) is 10.2 Å². The minimum absolute atomic E-state index is 0. The molecule has 7 heteroatoms. The second-order valence-corrected chi connectivity index (χ2v) is 7.99. The molecule has 1 saturated carbocycles. The Hall–Kier alpha value is -1.31. The molecule has 0 aliphatic heterocycles. The van der Waals surface area contributed by atoms with Gasteiger partial charge in [0, 0.05) is 23.4 Å². The van der Waals surface area contributed by atoms with E-state index in [1.807, 2.05) is 30.3 Å². The molecular weight excluding hydrogens is 370 g/mol. The molecule has 0 bridgehead atoms. The SMILES string of the molecule is [Li+].[Li+].[O-]C1CCCCC1c1[nH+]c2ccccc2s1.[O-]c1cccc2ccc[nH+]c12. The van der Waals surface area contributed by atoms with Crippen LogP contribution in [0.3, 0.4) is 0 Å². The quantitative estimate of drug-likeness (QED) is 0.321. The summed E-state index contributed by atoms with van der Waals surface area (Å²) >= 11 is 1.75. The van der Waals surface area contributed by atoms with Crippen molar-refractivity contribution in [1.29, 1.82) is 0 Å². The zero-order valence-electron chi connectivity index (χ0n) is 17.0. The topological polar surface area (TPSA) is 74.4 Å². The molecule has 4 nitrogen and oxygen atoms in total. The Bertz CT molecular complexity index is 1020. The average Bonchev–Trinajstić information content (AvgIpc) is 3.13. The summed E-state index contributed by atoms with van der Waals surface area (Å²) in [6.45, 7) is 0. The number of pyridine rings is 1. The van der Waals surface area contributed by atoms with E-state index in [4.69, 9.17) is 0 Å². The van der Waals surface area contributed by atoms with Crippen molar-refractivity contribution < 1.29 is 57.9 Å². The monoisotopic (exact) mass is 392 g/mol. The molecule has 1 aliphatic rings. The number of hydrogen-bond donors (Lipinski definition) is 0. The van der Waals surface area contributed by atoms with E-state index in [2.05, 4.69) is 22.1 Å². The second kappa shape index (κ2) is 11.2. The van der Waals surface area contributed by atoms with Crippen molar-refractivity contribution in [2.24, 2.45) is 0 Å². The summed E-state index contributed by atoms with van der Waals surface area (Å²) in [5, 5.41) is 25.2. The van der Waals surface area contributed by atoms with Crippen molar-refractivity contribution in [3.63, 3.8) is 0 Å². The molecule has 0 saturated heterocycles. The largest absolute Gasteiger partial charge is 1.00 e. The van der Waals surface area contributed by atoms with Gasteiger partial charge in [0.05, 0.1) is 0 Å². The molecule has 2 heterocycles. The maximum atomic E-state index is 11.9. The third-order valence-electron chi connectivity index (χ3n) is 5.06. The van der Waals surface area contributed by atoms with Gasteiger partial charge in [-0.2, -0.15) is 4.98 Å². The van der Waals surface area contributed by atoms with Gasteiger partial charge in [0.15, 0.2) is 6.20 Å². The van der Waals surface area contributed by atoms with Crippen LogP contribution in [0.15, 0.2) is 60.8 Å². The van der Waals surface area contributed by atoms with Crippen molar-refractivity contribution >= 4 is 32.5 Å². The fourth-order valence-electron chi connectivity index (χ4n) is 3.63. The summed E-state index contributed by atoms with van der Waals surface area (Å²) < 4.78 is 1.26. The zero-order chi connectivity index (χ0) is 18.6. The van der Waals surface area contributed by atoms with Crippen LogP contribution in [0.2, 0.25) is 0 Å². The number of benzene rings is 2. The summed E-state index contributed by atoms with van der Waals surface area (Å²) in [5.41, 5.74) is 1.84. The number of fused-ring (bicyclic) bond motifs is 2. The number of rotatable bonds is 1. The Kier molecular flexibility index (Phi) is 9.24. The smallest absolute Gasteiger partial charge is 0.868 e. The number of thiazole rings is 1. The van der Waals surface area contributed by atoms with Gasteiger partial charge in [0.25, 0.3) is 0 Å². The second-order valence-electron chi connectivity index (χ2n) is 6.91. The Morgan fingerprint density at radius 1 is 0.897 bits per heavy atom. The van der Waals surface area contributed by atoms with Crippen LogP contribution in [-0.2, 0) is 0 Å². The van der Waals surface area contributed by atoms with Crippen molar-refractivity contribution in [2.75, 3.05) is 0 Å². The van der Waals surface area contributed by atoms with Gasteiger partial charge in [-0.25, -0.2) is 4.98 Å². The van der Waals surface area contributed by atoms with Crippen LogP contribution in [0.1, 0.15) is 36.6 Å². The van der Waals surface area contributed by atoms with Crippen LogP contribution >= 0.6 is 11.3 Å². The van der Waals surface area contributed by atoms with Crippen LogP contribution < -0.4 is 57.9 Å². The molecule has 29 heavy (non-hydrogen) atoms. The number of aromatic amines is 2. The Morgan fingerprint density at radius 3 is 2.41 bits per heavy atom. The van der Waals surface area contributed by atoms with Crippen molar-refractivity contribution in [2.45, 2.75) is 37.7 Å². The van der Waals surface area contributed by atoms with Gasteiger partial charge in [0.1, 0.15) is 4.70 Å². The fourth-order valence-corrected chi connectivity index (χ4v) is 4.82. The zero-order valence-corrected chi connectivity index (χ0v) is 17.8. The van der Waals surface area contributed by atoms with Gasteiger partial charge in [-0.15, -0.1) is 6.10 Å². The van der Waals surface area contributed by atoms with Crippen molar-refractivity contribution in [1.82, 2.24) is 0 Å². The van der Waals surface area contributed by atoms with Gasteiger partial charge in [-0.1, -0.05) is 54.9 Å². The minimum Gasteiger partial charge on any atom is -0.868 e. The van der Waals surface area contributed by atoms with E-state index in [0.29, 0.717) is 5.52 Å². The first-order chi connectivity index (χ1) is 13.2. The summed E-state index contributed by atoms with van der Waals surface area (Å²) in [5.74, 6) is 0.259. The van der Waals surface area contributed by atoms with Gasteiger partial charge in [-0.05, 0) is 30.4 Å². The molecule has 0 radical (unpaired) electrons. The minimum atomic E-state index is -0.405. The van der Waals surface area contributed by atoms with Crippen molar-refractivity contribution in [3.8, 4) is 5.75 Å². The molecule has 1 fully saturated rings. The molecule has 2 unspecified atom stereocenters. The molecule has 0 amide bonds. The predicted octanol–water partition coefficient (Wildman–Crippen LogP) is -3.16. The van der Waals surface area contributed by atoms with Gasteiger partial charge in [0.2, 0.25) is 16.0 Å². The number of nitrogens with one attached hydrogen (secondary N) is 2. The first-order valence-electron chi connectivity index (χ1n) is 9.35. The molecule has 2 aromatic heterocycles. The summed E-state index contributed by atoms with van der Waals surface area (Å²) in [4.78, 5) is 6.32. The molecule has 138 valence electrons. The molecule has 1 aliphatic carbocycles. The molecule has 2 atom stereocenters. The molecule has 5 rings (SSSR count). The van der Waals surface area contributed by atoms with Crippen molar-refractivity contribution in [3.05, 3.63) is 65.8 Å². The molecule has 4 aromatic rings. The average molecular weight is 392 g/mol. The first-order valence-corrected chi connectivity index (χ1v) is 10.2. The van der Waals surface area contributed by atoms with E-state index >= 15 is 0 Å². The molecule has 0 spiro atoms. The molecule has 2 aromatic carbocycles. The summed E-state index contributed by atoms with van der Waals surface area (Å²) in [6.07, 6.45) is 5.55. The maximum absolute atomic E-state index is 11.9. The predicted molar refractivity (Wildman–Crippen MR) is 103 cm³/mol. The number of H-pyrrole nitrogens is 2. The Labute approximate surface area is 198 Å². The summed E-state index contributed by atoms with van der Waals surface area (Å²) in [7, 11) is 0. The van der Waals surface area contributed by atoms with E-state index in [0.717, 1.165) is 24.6 Å². The number of aromatic nitrogens is 2. The maximum Gasteiger partial charge on any atom is 1.00 e.